The molecule has 0 radical (unpaired) electrons. The van der Waals surface area contributed by atoms with Gasteiger partial charge < -0.3 is 0 Å². The molecule has 3 rings (SSSR count). The topological polar surface area (TPSA) is 0 Å². The Morgan fingerprint density at radius 2 is 1.43 bits per heavy atom. The molecule has 0 amide bonds. The van der Waals surface area contributed by atoms with Crippen LogP contribution in [0.5, 0.6) is 0 Å². The van der Waals surface area contributed by atoms with Crippen LogP contribution in [0.4, 0.5) is 0 Å². The van der Waals surface area contributed by atoms with Gasteiger partial charge in [0.15, 0.2) is 0 Å². The molecule has 1 fully saturated rings. The summed E-state index contributed by atoms with van der Waals surface area (Å²) >= 11 is 3.90. The summed E-state index contributed by atoms with van der Waals surface area (Å²) < 4.78 is 0. The molecule has 1 aliphatic carbocycles. The third-order valence-corrected chi connectivity index (χ3v) is 5.55. The molecule has 0 nitrogen and oxygen atoms in total. The first kappa shape index (κ1) is 14.8. The zero-order valence-electron chi connectivity index (χ0n) is 12.5. The summed E-state index contributed by atoms with van der Waals surface area (Å²) in [6.07, 6.45) is 8.42. The van der Waals surface area contributed by atoms with E-state index in [1.54, 1.807) is 0 Å². The Bertz CT molecular complexity index is 538. The molecule has 110 valence electrons. The predicted octanol–water partition coefficient (Wildman–Crippen LogP) is 6.76. The zero-order valence-corrected chi connectivity index (χ0v) is 14.1. The molecule has 21 heavy (non-hydrogen) atoms. The van der Waals surface area contributed by atoms with Gasteiger partial charge >= 0.3 is 0 Å². The van der Waals surface area contributed by atoms with Crippen molar-refractivity contribution in [3.8, 4) is 11.1 Å². The molecule has 0 bridgehead atoms. The third-order valence-electron chi connectivity index (χ3n) is 4.64. The first-order chi connectivity index (χ1) is 10.3. The average Bonchev–Trinajstić information content (AvgIpc) is 2.57. The summed E-state index contributed by atoms with van der Waals surface area (Å²) in [7, 11) is 0. The van der Waals surface area contributed by atoms with Crippen LogP contribution in [0, 0.1) is 5.92 Å². The summed E-state index contributed by atoms with van der Waals surface area (Å²) in [4.78, 5) is 0.505. The van der Waals surface area contributed by atoms with Gasteiger partial charge in [0, 0.05) is 4.83 Å². The standard InChI is InChI=1S/C20H23Br/c21-20(15-16-7-3-1-4-8-16)19-13-11-18(12-14-19)17-9-5-2-6-10-17/h2,5-6,9-14,16,20H,1,3-4,7-8,15H2. The highest BCUT2D eigenvalue weighted by Crippen LogP contribution is 2.36. The van der Waals surface area contributed by atoms with E-state index in [9.17, 15) is 0 Å². The van der Waals surface area contributed by atoms with Crippen LogP contribution in [0.2, 0.25) is 0 Å². The minimum Gasteiger partial charge on any atom is -0.0839 e. The van der Waals surface area contributed by atoms with Crippen molar-refractivity contribution in [3.05, 3.63) is 60.2 Å². The number of hydrogen-bond acceptors (Lipinski definition) is 0. The van der Waals surface area contributed by atoms with E-state index in [1.807, 2.05) is 0 Å². The Morgan fingerprint density at radius 1 is 0.810 bits per heavy atom. The second-order valence-electron chi connectivity index (χ2n) is 6.20. The lowest BCUT2D eigenvalue weighted by atomic mass is 9.85. The fraction of sp³-hybridized carbons (Fsp3) is 0.400. The molecule has 0 spiro atoms. The van der Waals surface area contributed by atoms with E-state index in [4.69, 9.17) is 0 Å². The van der Waals surface area contributed by atoms with E-state index in [-0.39, 0.29) is 0 Å². The van der Waals surface area contributed by atoms with Crippen molar-refractivity contribution in [1.29, 1.82) is 0 Å². The highest BCUT2D eigenvalue weighted by molar-refractivity contribution is 9.09. The third kappa shape index (κ3) is 3.97. The molecule has 0 N–H and O–H groups in total. The van der Waals surface area contributed by atoms with Crippen LogP contribution < -0.4 is 0 Å². The molecule has 0 heterocycles. The minimum atomic E-state index is 0.505. The number of alkyl halides is 1. The van der Waals surface area contributed by atoms with Crippen LogP contribution in [0.15, 0.2) is 54.6 Å². The fourth-order valence-corrected chi connectivity index (χ4v) is 4.20. The van der Waals surface area contributed by atoms with Crippen LogP contribution in [0.25, 0.3) is 11.1 Å². The van der Waals surface area contributed by atoms with E-state index >= 15 is 0 Å². The normalized spacial score (nSPS) is 17.6. The highest BCUT2D eigenvalue weighted by Gasteiger charge is 2.18. The van der Waals surface area contributed by atoms with Gasteiger partial charge in [0.25, 0.3) is 0 Å². The Labute approximate surface area is 136 Å². The highest BCUT2D eigenvalue weighted by atomic mass is 79.9. The molecule has 0 saturated heterocycles. The van der Waals surface area contributed by atoms with Gasteiger partial charge in [-0.3, -0.25) is 0 Å². The Balaban J connectivity index is 1.66. The van der Waals surface area contributed by atoms with E-state index in [1.165, 1.54) is 55.2 Å². The Hall–Kier alpha value is -1.08. The molecule has 1 heteroatoms. The summed E-state index contributed by atoms with van der Waals surface area (Å²) in [5.41, 5.74) is 4.01. The maximum absolute atomic E-state index is 3.90. The Kier molecular flexibility index (Phi) is 5.13. The lowest BCUT2D eigenvalue weighted by Crippen LogP contribution is -2.08. The molecule has 1 aliphatic rings. The lowest BCUT2D eigenvalue weighted by Gasteiger charge is -2.24. The largest absolute Gasteiger partial charge is 0.0839 e. The summed E-state index contributed by atoms with van der Waals surface area (Å²) in [5.74, 6) is 0.914. The van der Waals surface area contributed by atoms with Crippen LogP contribution in [-0.4, -0.2) is 0 Å². The summed E-state index contributed by atoms with van der Waals surface area (Å²) in [6, 6.07) is 19.7. The van der Waals surface area contributed by atoms with Gasteiger partial charge in [-0.05, 0) is 29.0 Å². The van der Waals surface area contributed by atoms with Gasteiger partial charge in [-0.25, -0.2) is 0 Å². The maximum atomic E-state index is 3.90. The fourth-order valence-electron chi connectivity index (χ4n) is 3.37. The van der Waals surface area contributed by atoms with E-state index in [0.29, 0.717) is 4.83 Å². The van der Waals surface area contributed by atoms with Crippen LogP contribution >= 0.6 is 15.9 Å². The smallest absolute Gasteiger partial charge is 0.0398 e. The minimum absolute atomic E-state index is 0.505. The molecule has 2 aromatic rings. The maximum Gasteiger partial charge on any atom is 0.0398 e. The first-order valence-electron chi connectivity index (χ1n) is 8.12. The van der Waals surface area contributed by atoms with Crippen molar-refractivity contribution < 1.29 is 0 Å². The van der Waals surface area contributed by atoms with Gasteiger partial charge in [0.05, 0.1) is 0 Å². The van der Waals surface area contributed by atoms with Gasteiger partial charge in [-0.15, -0.1) is 0 Å². The van der Waals surface area contributed by atoms with Gasteiger partial charge in [0.2, 0.25) is 0 Å². The molecule has 1 atom stereocenters. The van der Waals surface area contributed by atoms with Crippen LogP contribution in [-0.2, 0) is 0 Å². The van der Waals surface area contributed by atoms with Crippen LogP contribution in [0.3, 0.4) is 0 Å². The van der Waals surface area contributed by atoms with Crippen molar-refractivity contribution in [2.45, 2.75) is 43.4 Å². The van der Waals surface area contributed by atoms with Crippen molar-refractivity contribution in [2.75, 3.05) is 0 Å². The van der Waals surface area contributed by atoms with Crippen molar-refractivity contribution in [1.82, 2.24) is 0 Å². The van der Waals surface area contributed by atoms with Crippen molar-refractivity contribution >= 4 is 15.9 Å². The lowest BCUT2D eigenvalue weighted by molar-refractivity contribution is 0.338. The van der Waals surface area contributed by atoms with E-state index < -0.39 is 0 Å². The Morgan fingerprint density at radius 3 is 2.10 bits per heavy atom. The van der Waals surface area contributed by atoms with Crippen LogP contribution in [0.1, 0.15) is 48.9 Å². The number of benzene rings is 2. The van der Waals surface area contributed by atoms with Gasteiger partial charge in [0.1, 0.15) is 0 Å². The number of halogens is 1. The molecule has 1 saturated carbocycles. The molecule has 0 aliphatic heterocycles. The molecular formula is C20H23Br. The SMILES string of the molecule is BrC(CC1CCCCC1)c1ccc(-c2ccccc2)cc1. The second kappa shape index (κ2) is 7.26. The molecular weight excluding hydrogens is 320 g/mol. The van der Waals surface area contributed by atoms with Crippen molar-refractivity contribution in [3.63, 3.8) is 0 Å². The van der Waals surface area contributed by atoms with E-state index in [2.05, 4.69) is 70.5 Å². The monoisotopic (exact) mass is 342 g/mol. The summed E-state index contributed by atoms with van der Waals surface area (Å²) in [6.45, 7) is 0. The van der Waals surface area contributed by atoms with Gasteiger partial charge in [-0.2, -0.15) is 0 Å². The first-order valence-corrected chi connectivity index (χ1v) is 9.04. The molecule has 2 aromatic carbocycles. The zero-order chi connectivity index (χ0) is 14.5. The second-order valence-corrected chi connectivity index (χ2v) is 7.30. The number of hydrogen-bond donors (Lipinski definition) is 0. The van der Waals surface area contributed by atoms with Crippen molar-refractivity contribution in [2.24, 2.45) is 5.92 Å². The summed E-state index contributed by atoms with van der Waals surface area (Å²) in [5, 5.41) is 0. The van der Waals surface area contributed by atoms with E-state index in [0.717, 1.165) is 5.92 Å². The quantitative estimate of drug-likeness (QED) is 0.538. The number of rotatable bonds is 4. The average molecular weight is 343 g/mol. The predicted molar refractivity (Wildman–Crippen MR) is 94.7 cm³/mol. The molecule has 0 aromatic heterocycles. The van der Waals surface area contributed by atoms with Gasteiger partial charge in [-0.1, -0.05) is 103 Å². The molecule has 1 unspecified atom stereocenters.